The third kappa shape index (κ3) is 6.14. The van der Waals surface area contributed by atoms with Crippen LogP contribution < -0.4 is 10.6 Å². The molecule has 0 bridgehead atoms. The molecule has 1 aromatic carbocycles. The second-order valence-electron chi connectivity index (χ2n) is 6.95. The summed E-state index contributed by atoms with van der Waals surface area (Å²) in [6.45, 7) is 6.30. The van der Waals surface area contributed by atoms with Gasteiger partial charge in [0.05, 0.1) is 5.92 Å². The predicted octanol–water partition coefficient (Wildman–Crippen LogP) is 3.17. The SMILES string of the molecule is CC(c1ccccc1)N1CCC(NC(=O)C2CCCNC2)CC1.Cl.Cl. The van der Waals surface area contributed by atoms with E-state index in [4.69, 9.17) is 0 Å². The van der Waals surface area contributed by atoms with Crippen molar-refractivity contribution < 1.29 is 4.79 Å². The fraction of sp³-hybridized carbons (Fsp3) is 0.632. The third-order valence-electron chi connectivity index (χ3n) is 5.37. The number of piperidine rings is 2. The molecule has 2 N–H and O–H groups in total. The molecule has 2 fully saturated rings. The van der Waals surface area contributed by atoms with Gasteiger partial charge in [0, 0.05) is 31.7 Å². The number of benzene rings is 1. The summed E-state index contributed by atoms with van der Waals surface area (Å²) < 4.78 is 0. The summed E-state index contributed by atoms with van der Waals surface area (Å²) in [5.41, 5.74) is 1.38. The lowest BCUT2D eigenvalue weighted by Crippen LogP contribution is -2.48. The Morgan fingerprint density at radius 1 is 1.16 bits per heavy atom. The van der Waals surface area contributed by atoms with Gasteiger partial charge in [-0.1, -0.05) is 30.3 Å². The summed E-state index contributed by atoms with van der Waals surface area (Å²) in [5.74, 6) is 0.428. The molecule has 6 heteroatoms. The number of halogens is 2. The minimum Gasteiger partial charge on any atom is -0.353 e. The zero-order valence-corrected chi connectivity index (χ0v) is 16.6. The van der Waals surface area contributed by atoms with Crippen LogP contribution in [0.1, 0.15) is 44.2 Å². The van der Waals surface area contributed by atoms with Gasteiger partial charge >= 0.3 is 0 Å². The Labute approximate surface area is 163 Å². The van der Waals surface area contributed by atoms with Crippen LogP contribution >= 0.6 is 24.8 Å². The van der Waals surface area contributed by atoms with Crippen molar-refractivity contribution in [2.45, 2.75) is 44.7 Å². The zero-order chi connectivity index (χ0) is 16.1. The molecule has 3 rings (SSSR count). The molecule has 1 amide bonds. The first-order chi connectivity index (χ1) is 11.2. The molecule has 2 heterocycles. The van der Waals surface area contributed by atoms with E-state index in [0.29, 0.717) is 12.1 Å². The van der Waals surface area contributed by atoms with E-state index in [9.17, 15) is 4.79 Å². The molecule has 0 spiro atoms. The van der Waals surface area contributed by atoms with E-state index in [1.165, 1.54) is 5.56 Å². The van der Waals surface area contributed by atoms with E-state index in [1.807, 2.05) is 0 Å². The average molecular weight is 388 g/mol. The first-order valence-corrected chi connectivity index (χ1v) is 9.04. The van der Waals surface area contributed by atoms with Crippen LogP contribution in [-0.4, -0.2) is 43.0 Å². The van der Waals surface area contributed by atoms with E-state index in [1.54, 1.807) is 0 Å². The van der Waals surface area contributed by atoms with Crippen LogP contribution in [0.25, 0.3) is 0 Å². The van der Waals surface area contributed by atoms with Crippen LogP contribution in [0.15, 0.2) is 30.3 Å². The molecule has 4 nitrogen and oxygen atoms in total. The lowest BCUT2D eigenvalue weighted by molar-refractivity contribution is -0.126. The number of carbonyl (C=O) groups excluding carboxylic acids is 1. The molecular formula is C19H31Cl2N3O. The van der Waals surface area contributed by atoms with Gasteiger partial charge in [-0.25, -0.2) is 0 Å². The fourth-order valence-electron chi connectivity index (χ4n) is 3.77. The van der Waals surface area contributed by atoms with Crippen molar-refractivity contribution in [2.24, 2.45) is 5.92 Å². The molecule has 142 valence electrons. The second kappa shape index (κ2) is 11.0. The molecule has 0 radical (unpaired) electrons. The van der Waals surface area contributed by atoms with Gasteiger partial charge in [0.2, 0.25) is 5.91 Å². The van der Waals surface area contributed by atoms with Crippen LogP contribution in [0.5, 0.6) is 0 Å². The first-order valence-electron chi connectivity index (χ1n) is 9.04. The maximum atomic E-state index is 12.3. The smallest absolute Gasteiger partial charge is 0.224 e. The Morgan fingerprint density at radius 2 is 1.84 bits per heavy atom. The molecule has 0 saturated carbocycles. The minimum absolute atomic E-state index is 0. The van der Waals surface area contributed by atoms with Crippen molar-refractivity contribution >= 4 is 30.7 Å². The molecule has 1 aromatic rings. The van der Waals surface area contributed by atoms with Crippen molar-refractivity contribution in [2.75, 3.05) is 26.2 Å². The highest BCUT2D eigenvalue weighted by Crippen LogP contribution is 2.24. The van der Waals surface area contributed by atoms with E-state index in [2.05, 4.69) is 52.8 Å². The van der Waals surface area contributed by atoms with Gasteiger partial charge in [-0.2, -0.15) is 0 Å². The normalized spacial score (nSPS) is 23.0. The van der Waals surface area contributed by atoms with Crippen LogP contribution in [-0.2, 0) is 4.79 Å². The summed E-state index contributed by atoms with van der Waals surface area (Å²) in [5, 5.41) is 6.61. The molecular weight excluding hydrogens is 357 g/mol. The lowest BCUT2D eigenvalue weighted by Gasteiger charge is -2.37. The third-order valence-corrected chi connectivity index (χ3v) is 5.37. The summed E-state index contributed by atoms with van der Waals surface area (Å²) in [6, 6.07) is 11.5. The van der Waals surface area contributed by atoms with E-state index in [-0.39, 0.29) is 36.6 Å². The lowest BCUT2D eigenvalue weighted by atomic mass is 9.96. The van der Waals surface area contributed by atoms with Crippen LogP contribution in [0.3, 0.4) is 0 Å². The molecule has 2 atom stereocenters. The number of likely N-dealkylation sites (tertiary alicyclic amines) is 1. The first kappa shape index (κ1) is 22.2. The number of rotatable bonds is 4. The van der Waals surface area contributed by atoms with Crippen LogP contribution in [0.2, 0.25) is 0 Å². The number of nitrogens with one attached hydrogen (secondary N) is 2. The van der Waals surface area contributed by atoms with E-state index in [0.717, 1.165) is 51.9 Å². The number of nitrogens with zero attached hydrogens (tertiary/aromatic N) is 1. The van der Waals surface area contributed by atoms with Gasteiger partial charge < -0.3 is 10.6 Å². The number of amides is 1. The number of hydrogen-bond acceptors (Lipinski definition) is 3. The standard InChI is InChI=1S/C19H29N3O.2ClH/c1-15(16-6-3-2-4-7-16)22-12-9-18(10-13-22)21-19(23)17-8-5-11-20-14-17;;/h2-4,6-7,15,17-18,20H,5,8-14H2,1H3,(H,21,23);2*1H. The maximum absolute atomic E-state index is 12.3. The number of hydrogen-bond donors (Lipinski definition) is 2. The van der Waals surface area contributed by atoms with Crippen LogP contribution in [0.4, 0.5) is 0 Å². The number of carbonyl (C=O) groups is 1. The maximum Gasteiger partial charge on any atom is 0.224 e. The highest BCUT2D eigenvalue weighted by molar-refractivity contribution is 5.85. The molecule has 0 aromatic heterocycles. The summed E-state index contributed by atoms with van der Waals surface area (Å²) in [6.07, 6.45) is 4.26. The topological polar surface area (TPSA) is 44.4 Å². The Morgan fingerprint density at radius 3 is 2.44 bits per heavy atom. The zero-order valence-electron chi connectivity index (χ0n) is 14.9. The summed E-state index contributed by atoms with van der Waals surface area (Å²) in [7, 11) is 0. The van der Waals surface area contributed by atoms with E-state index < -0.39 is 0 Å². The monoisotopic (exact) mass is 387 g/mol. The molecule has 2 aliphatic rings. The van der Waals surface area contributed by atoms with Gasteiger partial charge in [-0.3, -0.25) is 9.69 Å². The summed E-state index contributed by atoms with van der Waals surface area (Å²) in [4.78, 5) is 14.9. The van der Waals surface area contributed by atoms with Gasteiger partial charge in [0.15, 0.2) is 0 Å². The summed E-state index contributed by atoms with van der Waals surface area (Å²) >= 11 is 0. The van der Waals surface area contributed by atoms with E-state index >= 15 is 0 Å². The average Bonchev–Trinajstić information content (AvgIpc) is 2.63. The van der Waals surface area contributed by atoms with Gasteiger partial charge in [-0.15, -0.1) is 24.8 Å². The Bertz CT molecular complexity index is 501. The predicted molar refractivity (Wildman–Crippen MR) is 108 cm³/mol. The van der Waals surface area contributed by atoms with Crippen molar-refractivity contribution in [1.82, 2.24) is 15.5 Å². The van der Waals surface area contributed by atoms with Crippen molar-refractivity contribution in [3.8, 4) is 0 Å². The minimum atomic E-state index is 0. The van der Waals surface area contributed by atoms with Gasteiger partial charge in [-0.05, 0) is 44.7 Å². The fourth-order valence-corrected chi connectivity index (χ4v) is 3.77. The second-order valence-corrected chi connectivity index (χ2v) is 6.95. The van der Waals surface area contributed by atoms with Crippen molar-refractivity contribution in [3.05, 3.63) is 35.9 Å². The molecule has 0 aliphatic carbocycles. The highest BCUT2D eigenvalue weighted by atomic mass is 35.5. The van der Waals surface area contributed by atoms with Gasteiger partial charge in [0.1, 0.15) is 0 Å². The Hall–Kier alpha value is -0.810. The molecule has 25 heavy (non-hydrogen) atoms. The van der Waals surface area contributed by atoms with Gasteiger partial charge in [0.25, 0.3) is 0 Å². The Balaban J connectivity index is 0.00000156. The van der Waals surface area contributed by atoms with Crippen molar-refractivity contribution in [3.63, 3.8) is 0 Å². The van der Waals surface area contributed by atoms with Crippen LogP contribution in [0, 0.1) is 5.92 Å². The molecule has 2 unspecified atom stereocenters. The quantitative estimate of drug-likeness (QED) is 0.833. The highest BCUT2D eigenvalue weighted by Gasteiger charge is 2.27. The molecule has 2 aliphatic heterocycles. The largest absolute Gasteiger partial charge is 0.353 e. The Kier molecular flexibility index (Phi) is 9.80. The van der Waals surface area contributed by atoms with Crippen molar-refractivity contribution in [1.29, 1.82) is 0 Å². The molecule has 2 saturated heterocycles.